The number of H-pyrrole nitrogens is 1. The normalized spacial score (nSPS) is 10.9. The number of nitrogens with zero attached hydrogens (tertiary/aromatic N) is 2. The van der Waals surface area contributed by atoms with Crippen LogP contribution in [0.25, 0.3) is 10.9 Å². The number of ether oxygens (including phenoxy) is 1. The molecule has 1 aromatic carbocycles. The topological polar surface area (TPSA) is 106 Å². The number of fused-ring (bicyclic) bond motifs is 1. The second-order valence-corrected chi connectivity index (χ2v) is 6.21. The standard InChI is InChI=1S/C19H20N4O4/c1-11-8-12(2)23(6-7-27-3)19(26)16(11)18(25)22-13-4-5-15-14(9-13)17(24)21-10-20-15/h4-5,8-10H,6-7H2,1-3H3,(H,22,25)(H,20,21,24). The molecule has 8 nitrogen and oxygen atoms in total. The first kappa shape index (κ1) is 18.5. The number of aryl methyl sites for hydroxylation is 2. The van der Waals surface area contributed by atoms with Crippen molar-refractivity contribution in [1.29, 1.82) is 0 Å². The molecule has 2 aromatic heterocycles. The molecule has 3 rings (SSSR count). The van der Waals surface area contributed by atoms with E-state index in [1.807, 2.05) is 6.92 Å². The van der Waals surface area contributed by atoms with Crippen LogP contribution in [0.1, 0.15) is 21.6 Å². The van der Waals surface area contributed by atoms with Gasteiger partial charge in [-0.15, -0.1) is 0 Å². The van der Waals surface area contributed by atoms with Gasteiger partial charge in [-0.3, -0.25) is 14.4 Å². The lowest BCUT2D eigenvalue weighted by Gasteiger charge is -2.14. The number of nitrogens with one attached hydrogen (secondary N) is 2. The Hall–Kier alpha value is -3.26. The Morgan fingerprint density at radius 2 is 2.04 bits per heavy atom. The Kier molecular flexibility index (Phi) is 5.18. The van der Waals surface area contributed by atoms with Gasteiger partial charge in [0.25, 0.3) is 17.0 Å². The van der Waals surface area contributed by atoms with Gasteiger partial charge in [0.05, 0.1) is 23.8 Å². The van der Waals surface area contributed by atoms with E-state index in [9.17, 15) is 14.4 Å². The second kappa shape index (κ2) is 7.55. The van der Waals surface area contributed by atoms with Crippen molar-refractivity contribution >= 4 is 22.5 Å². The molecule has 0 aliphatic rings. The maximum absolute atomic E-state index is 12.8. The number of pyridine rings is 1. The van der Waals surface area contributed by atoms with E-state index in [0.29, 0.717) is 35.3 Å². The van der Waals surface area contributed by atoms with Crippen LogP contribution < -0.4 is 16.4 Å². The van der Waals surface area contributed by atoms with Gasteiger partial charge in [0.2, 0.25) is 0 Å². The Morgan fingerprint density at radius 3 is 2.78 bits per heavy atom. The molecule has 27 heavy (non-hydrogen) atoms. The van der Waals surface area contributed by atoms with Gasteiger partial charge in [-0.1, -0.05) is 0 Å². The monoisotopic (exact) mass is 368 g/mol. The van der Waals surface area contributed by atoms with Crippen LogP contribution in [0.5, 0.6) is 0 Å². The summed E-state index contributed by atoms with van der Waals surface area (Å²) in [6.07, 6.45) is 1.32. The number of rotatable bonds is 5. The first-order valence-electron chi connectivity index (χ1n) is 8.41. The van der Waals surface area contributed by atoms with E-state index in [-0.39, 0.29) is 16.7 Å². The molecule has 2 heterocycles. The van der Waals surface area contributed by atoms with Crippen molar-refractivity contribution in [3.8, 4) is 0 Å². The summed E-state index contributed by atoms with van der Waals surface area (Å²) in [6.45, 7) is 4.26. The van der Waals surface area contributed by atoms with Crippen LogP contribution in [0.15, 0.2) is 40.2 Å². The van der Waals surface area contributed by atoms with Crippen LogP contribution in [-0.4, -0.2) is 34.2 Å². The lowest BCUT2D eigenvalue weighted by molar-refractivity contribution is 0.102. The summed E-state index contributed by atoms with van der Waals surface area (Å²) in [4.78, 5) is 44.0. The fraction of sp³-hybridized carbons (Fsp3) is 0.263. The number of amides is 1. The second-order valence-electron chi connectivity index (χ2n) is 6.21. The van der Waals surface area contributed by atoms with E-state index in [1.54, 1.807) is 32.2 Å². The zero-order chi connectivity index (χ0) is 19.6. The summed E-state index contributed by atoms with van der Waals surface area (Å²) in [7, 11) is 1.55. The van der Waals surface area contributed by atoms with Crippen LogP contribution in [0.4, 0.5) is 5.69 Å². The largest absolute Gasteiger partial charge is 0.383 e. The van der Waals surface area contributed by atoms with Crippen molar-refractivity contribution in [2.24, 2.45) is 0 Å². The van der Waals surface area contributed by atoms with Crippen LogP contribution in [0, 0.1) is 13.8 Å². The van der Waals surface area contributed by atoms with Gasteiger partial charge in [-0.25, -0.2) is 4.98 Å². The third-order valence-electron chi connectivity index (χ3n) is 4.35. The number of benzene rings is 1. The molecule has 0 fully saturated rings. The molecule has 0 spiro atoms. The van der Waals surface area contributed by atoms with Gasteiger partial charge < -0.3 is 19.6 Å². The molecular weight excluding hydrogens is 348 g/mol. The van der Waals surface area contributed by atoms with E-state index >= 15 is 0 Å². The van der Waals surface area contributed by atoms with Gasteiger partial charge in [0, 0.05) is 25.0 Å². The molecule has 0 aliphatic carbocycles. The summed E-state index contributed by atoms with van der Waals surface area (Å²) < 4.78 is 6.55. The molecule has 0 saturated carbocycles. The van der Waals surface area contributed by atoms with Crippen molar-refractivity contribution in [2.45, 2.75) is 20.4 Å². The van der Waals surface area contributed by atoms with Crippen LogP contribution in [-0.2, 0) is 11.3 Å². The van der Waals surface area contributed by atoms with E-state index in [2.05, 4.69) is 15.3 Å². The molecule has 0 aliphatic heterocycles. The highest BCUT2D eigenvalue weighted by Gasteiger charge is 2.18. The molecule has 2 N–H and O–H groups in total. The van der Waals surface area contributed by atoms with E-state index in [4.69, 9.17) is 4.74 Å². The molecular formula is C19H20N4O4. The van der Waals surface area contributed by atoms with E-state index in [0.717, 1.165) is 5.69 Å². The summed E-state index contributed by atoms with van der Waals surface area (Å²) in [5, 5.41) is 3.05. The fourth-order valence-corrected chi connectivity index (χ4v) is 3.00. The van der Waals surface area contributed by atoms with Crippen molar-refractivity contribution < 1.29 is 9.53 Å². The number of hydrogen-bond acceptors (Lipinski definition) is 5. The predicted octanol–water partition coefficient (Wildman–Crippen LogP) is 1.60. The summed E-state index contributed by atoms with van der Waals surface area (Å²) in [5.74, 6) is -0.525. The predicted molar refractivity (Wildman–Crippen MR) is 102 cm³/mol. The van der Waals surface area contributed by atoms with Crippen molar-refractivity contribution in [3.63, 3.8) is 0 Å². The third-order valence-corrected chi connectivity index (χ3v) is 4.35. The van der Waals surface area contributed by atoms with Gasteiger partial charge >= 0.3 is 0 Å². The molecule has 8 heteroatoms. The number of aromatic amines is 1. The highest BCUT2D eigenvalue weighted by Crippen LogP contribution is 2.15. The first-order valence-corrected chi connectivity index (χ1v) is 8.41. The highest BCUT2D eigenvalue weighted by molar-refractivity contribution is 6.05. The lowest BCUT2D eigenvalue weighted by atomic mass is 10.1. The Balaban J connectivity index is 1.98. The van der Waals surface area contributed by atoms with Gasteiger partial charge in [-0.05, 0) is 43.7 Å². The average molecular weight is 368 g/mol. The van der Waals surface area contributed by atoms with Crippen molar-refractivity contribution in [3.05, 3.63) is 68.1 Å². The number of aromatic nitrogens is 3. The maximum Gasteiger partial charge on any atom is 0.263 e. The zero-order valence-corrected chi connectivity index (χ0v) is 15.3. The van der Waals surface area contributed by atoms with Crippen molar-refractivity contribution in [2.75, 3.05) is 19.0 Å². The lowest BCUT2D eigenvalue weighted by Crippen LogP contribution is -2.32. The highest BCUT2D eigenvalue weighted by atomic mass is 16.5. The molecule has 0 radical (unpaired) electrons. The number of hydrogen-bond donors (Lipinski definition) is 2. The Morgan fingerprint density at radius 1 is 1.26 bits per heavy atom. The zero-order valence-electron chi connectivity index (χ0n) is 15.3. The molecule has 0 atom stereocenters. The molecule has 140 valence electrons. The van der Waals surface area contributed by atoms with Crippen LogP contribution in [0.3, 0.4) is 0 Å². The van der Waals surface area contributed by atoms with E-state index in [1.165, 1.54) is 17.0 Å². The minimum Gasteiger partial charge on any atom is -0.383 e. The average Bonchev–Trinajstić information content (AvgIpc) is 2.62. The van der Waals surface area contributed by atoms with Crippen LogP contribution in [0.2, 0.25) is 0 Å². The number of carbonyl (C=O) groups excluding carboxylic acids is 1. The summed E-state index contributed by atoms with van der Waals surface area (Å²) >= 11 is 0. The first-order chi connectivity index (χ1) is 12.9. The Bertz CT molecular complexity index is 1130. The molecule has 1 amide bonds. The van der Waals surface area contributed by atoms with Crippen LogP contribution >= 0.6 is 0 Å². The molecule has 3 aromatic rings. The minimum absolute atomic E-state index is 0.0666. The summed E-state index contributed by atoms with van der Waals surface area (Å²) in [6, 6.07) is 6.60. The van der Waals surface area contributed by atoms with Gasteiger partial charge in [-0.2, -0.15) is 0 Å². The maximum atomic E-state index is 12.8. The SMILES string of the molecule is COCCn1c(C)cc(C)c(C(=O)Nc2ccc3nc[nH]c(=O)c3c2)c1=O. The van der Waals surface area contributed by atoms with E-state index < -0.39 is 5.91 Å². The molecule has 0 unspecified atom stereocenters. The number of carbonyl (C=O) groups is 1. The minimum atomic E-state index is -0.525. The molecule has 0 bridgehead atoms. The number of anilines is 1. The van der Waals surface area contributed by atoms with Gasteiger partial charge in [0.1, 0.15) is 5.56 Å². The fourth-order valence-electron chi connectivity index (χ4n) is 3.00. The summed E-state index contributed by atoms with van der Waals surface area (Å²) in [5.41, 5.74) is 1.67. The van der Waals surface area contributed by atoms with Gasteiger partial charge in [0.15, 0.2) is 0 Å². The Labute approximate surface area is 154 Å². The smallest absolute Gasteiger partial charge is 0.263 e. The third kappa shape index (κ3) is 3.65. The number of methoxy groups -OCH3 is 1. The molecule has 0 saturated heterocycles. The van der Waals surface area contributed by atoms with Crippen molar-refractivity contribution in [1.82, 2.24) is 14.5 Å². The quantitative estimate of drug-likeness (QED) is 0.711.